The number of ketones is 1. The number of aryl methyl sites for hydroxylation is 1. The number of benzene rings is 2. The molecule has 0 radical (unpaired) electrons. The Hall–Kier alpha value is -4.70. The normalized spacial score (nSPS) is 21.3. The summed E-state index contributed by atoms with van der Waals surface area (Å²) in [6.45, 7) is 9.58. The minimum atomic E-state index is -0.442. The van der Waals surface area contributed by atoms with Crippen molar-refractivity contribution in [2.45, 2.75) is 90.6 Å². The molecule has 10 nitrogen and oxygen atoms in total. The third-order valence-corrected chi connectivity index (χ3v) is 13.2. The summed E-state index contributed by atoms with van der Waals surface area (Å²) >= 11 is 0. The molecule has 3 fully saturated rings. The van der Waals surface area contributed by atoms with Gasteiger partial charge in [-0.05, 0) is 129 Å². The SMILES string of the molecule is CCOC(=O)C1=CN=C(C2CCN(C3CCN(C(=O)[C@H](CC(=O)N4CCC(C5=Cc6ccccc6CC5=O)CC4)Cc4cc(C)c5c(c4)C=NC5)CC3)CC2)C1. The number of fused-ring (bicyclic) bond motifs is 2. The Kier molecular flexibility index (Phi) is 11.5. The Morgan fingerprint density at radius 3 is 2.38 bits per heavy atom. The van der Waals surface area contributed by atoms with E-state index in [-0.39, 0.29) is 35.9 Å². The van der Waals surface area contributed by atoms with E-state index in [9.17, 15) is 19.2 Å². The summed E-state index contributed by atoms with van der Waals surface area (Å²) in [5, 5.41) is 0. The van der Waals surface area contributed by atoms with Gasteiger partial charge >= 0.3 is 5.97 Å². The van der Waals surface area contributed by atoms with Gasteiger partial charge in [-0.15, -0.1) is 0 Å². The number of hydrogen-bond donors (Lipinski definition) is 0. The summed E-state index contributed by atoms with van der Waals surface area (Å²) in [4.78, 5) is 69.4. The molecule has 0 saturated carbocycles. The minimum absolute atomic E-state index is 0.0322. The van der Waals surface area contributed by atoms with Crippen LogP contribution in [0.2, 0.25) is 0 Å². The van der Waals surface area contributed by atoms with Crippen LogP contribution in [0.4, 0.5) is 0 Å². The van der Waals surface area contributed by atoms with Gasteiger partial charge in [-0.1, -0.05) is 30.3 Å². The molecule has 10 heteroatoms. The van der Waals surface area contributed by atoms with E-state index in [1.54, 1.807) is 6.20 Å². The lowest BCUT2D eigenvalue weighted by molar-refractivity contribution is -0.143. The van der Waals surface area contributed by atoms with Gasteiger partial charge in [0, 0.05) is 75.5 Å². The second kappa shape index (κ2) is 16.8. The highest BCUT2D eigenvalue weighted by Crippen LogP contribution is 2.34. The van der Waals surface area contributed by atoms with Crippen molar-refractivity contribution in [2.75, 3.05) is 45.9 Å². The number of rotatable bonds is 10. The Balaban J connectivity index is 0.875. The van der Waals surface area contributed by atoms with Crippen molar-refractivity contribution in [3.8, 4) is 0 Å². The Morgan fingerprint density at radius 2 is 1.61 bits per heavy atom. The van der Waals surface area contributed by atoms with Gasteiger partial charge in [-0.3, -0.25) is 24.4 Å². The fourth-order valence-corrected chi connectivity index (χ4v) is 9.97. The van der Waals surface area contributed by atoms with Crippen molar-refractivity contribution in [3.63, 3.8) is 0 Å². The van der Waals surface area contributed by atoms with Crippen molar-refractivity contribution in [2.24, 2.45) is 27.7 Å². The predicted octanol–water partition coefficient (Wildman–Crippen LogP) is 5.92. The summed E-state index contributed by atoms with van der Waals surface area (Å²) in [6.07, 6.45) is 12.9. The first-order valence-corrected chi connectivity index (χ1v) is 20.9. The van der Waals surface area contributed by atoms with Crippen LogP contribution in [0.1, 0.15) is 91.7 Å². The molecule has 2 amide bonds. The van der Waals surface area contributed by atoms with Crippen LogP contribution < -0.4 is 0 Å². The molecule has 8 rings (SSSR count). The smallest absolute Gasteiger partial charge is 0.335 e. The number of allylic oxidation sites excluding steroid dienone is 1. The van der Waals surface area contributed by atoms with Crippen molar-refractivity contribution in [1.82, 2.24) is 14.7 Å². The topological polar surface area (TPSA) is 112 Å². The first-order chi connectivity index (χ1) is 27.2. The Bertz CT molecular complexity index is 1990. The number of amides is 2. The first kappa shape index (κ1) is 38.2. The molecule has 3 saturated heterocycles. The van der Waals surface area contributed by atoms with E-state index < -0.39 is 5.92 Å². The van der Waals surface area contributed by atoms with E-state index in [1.165, 1.54) is 11.1 Å². The number of esters is 1. The fourth-order valence-electron chi connectivity index (χ4n) is 9.97. The summed E-state index contributed by atoms with van der Waals surface area (Å²) in [7, 11) is 0. The standard InChI is InChI=1S/C46H55N5O5/c1-3-56-46(55)38-24-42(48-28-38)33-10-14-49(15-11-33)39-12-18-51(19-13-39)45(54)36(21-31-20-30(2)41-29-47-27-37(41)22-31)26-44(53)50-16-8-32(9-17-50)40-23-34-6-4-5-7-35(34)25-43(40)52/h4-7,20,22-23,27-28,32-33,36,39H,3,8-19,21,24-26,29H2,1-2H3/t36-/m0/s1. The molecule has 0 aromatic heterocycles. The van der Waals surface area contributed by atoms with Gasteiger partial charge in [-0.25, -0.2) is 4.79 Å². The minimum Gasteiger partial charge on any atom is -0.463 e. The fraction of sp³-hybridized carbons (Fsp3) is 0.522. The number of aliphatic imine (C=N–C) groups is 2. The highest BCUT2D eigenvalue weighted by atomic mass is 16.5. The molecule has 1 atom stereocenters. The van der Waals surface area contributed by atoms with E-state index in [4.69, 9.17) is 4.74 Å². The third-order valence-electron chi connectivity index (χ3n) is 13.2. The molecule has 6 aliphatic rings. The summed E-state index contributed by atoms with van der Waals surface area (Å²) in [6, 6.07) is 12.9. The van der Waals surface area contributed by atoms with Crippen LogP contribution in [0.5, 0.6) is 0 Å². The zero-order chi connectivity index (χ0) is 38.8. The average molecular weight is 758 g/mol. The lowest BCUT2D eigenvalue weighted by atomic mass is 9.80. The molecule has 294 valence electrons. The van der Waals surface area contributed by atoms with Crippen molar-refractivity contribution in [3.05, 3.63) is 87.1 Å². The number of nitrogens with zero attached hydrogens (tertiary/aromatic N) is 5. The van der Waals surface area contributed by atoms with E-state index in [1.807, 2.05) is 41.1 Å². The van der Waals surface area contributed by atoms with Crippen LogP contribution in [-0.2, 0) is 43.3 Å². The van der Waals surface area contributed by atoms with Crippen LogP contribution in [0.25, 0.3) is 6.08 Å². The summed E-state index contributed by atoms with van der Waals surface area (Å²) < 4.78 is 5.18. The van der Waals surface area contributed by atoms with E-state index >= 15 is 0 Å². The van der Waals surface area contributed by atoms with Gasteiger partial charge in [0.05, 0.1) is 24.6 Å². The third kappa shape index (κ3) is 8.22. The molecule has 2 aromatic carbocycles. The van der Waals surface area contributed by atoms with Gasteiger partial charge in [0.25, 0.3) is 0 Å². The highest BCUT2D eigenvalue weighted by Gasteiger charge is 2.36. The molecule has 0 spiro atoms. The number of carbonyl (C=O) groups excluding carboxylic acids is 4. The van der Waals surface area contributed by atoms with Gasteiger partial charge in [0.15, 0.2) is 5.78 Å². The second-order valence-corrected chi connectivity index (χ2v) is 16.6. The number of hydrogen-bond acceptors (Lipinski definition) is 8. The molecule has 1 aliphatic carbocycles. The van der Waals surface area contributed by atoms with Crippen molar-refractivity contribution < 1.29 is 23.9 Å². The lowest BCUT2D eigenvalue weighted by Crippen LogP contribution is -2.51. The number of ether oxygens (including phenoxy) is 1. The lowest BCUT2D eigenvalue weighted by Gasteiger charge is -2.42. The number of piperidine rings is 3. The Morgan fingerprint density at radius 1 is 0.875 bits per heavy atom. The van der Waals surface area contributed by atoms with Crippen LogP contribution in [0.3, 0.4) is 0 Å². The molecule has 0 bridgehead atoms. The second-order valence-electron chi connectivity index (χ2n) is 16.6. The van der Waals surface area contributed by atoms with E-state index in [0.717, 1.165) is 85.2 Å². The van der Waals surface area contributed by atoms with Crippen LogP contribution >= 0.6 is 0 Å². The van der Waals surface area contributed by atoms with Gasteiger partial charge < -0.3 is 19.4 Å². The summed E-state index contributed by atoms with van der Waals surface area (Å²) in [5.41, 5.74) is 9.50. The molecule has 0 N–H and O–H groups in total. The number of Topliss-reactive ketones (excluding diaryl/α,β-unsaturated/α-hetero) is 1. The molecular formula is C46H55N5O5. The number of carbonyl (C=O) groups is 4. The maximum Gasteiger partial charge on any atom is 0.335 e. The van der Waals surface area contributed by atoms with Gasteiger partial charge in [0.1, 0.15) is 0 Å². The van der Waals surface area contributed by atoms with Crippen LogP contribution in [0.15, 0.2) is 63.7 Å². The summed E-state index contributed by atoms with van der Waals surface area (Å²) in [5.74, 6) is 0.151. The zero-order valence-corrected chi connectivity index (χ0v) is 33.0. The highest BCUT2D eigenvalue weighted by molar-refractivity contribution is 6.04. The number of likely N-dealkylation sites (tertiary alicyclic amines) is 3. The van der Waals surface area contributed by atoms with Crippen molar-refractivity contribution >= 4 is 41.6 Å². The van der Waals surface area contributed by atoms with Crippen LogP contribution in [-0.4, -0.2) is 102 Å². The molecule has 56 heavy (non-hydrogen) atoms. The maximum absolute atomic E-state index is 14.4. The predicted molar refractivity (Wildman–Crippen MR) is 217 cm³/mol. The monoisotopic (exact) mass is 757 g/mol. The van der Waals surface area contributed by atoms with Gasteiger partial charge in [-0.2, -0.15) is 0 Å². The van der Waals surface area contributed by atoms with Crippen LogP contribution in [0, 0.1) is 24.7 Å². The molecule has 5 aliphatic heterocycles. The largest absolute Gasteiger partial charge is 0.463 e. The van der Waals surface area contributed by atoms with Gasteiger partial charge in [0.2, 0.25) is 11.8 Å². The van der Waals surface area contributed by atoms with E-state index in [0.29, 0.717) is 76.1 Å². The molecule has 0 unspecified atom stereocenters. The average Bonchev–Trinajstić information content (AvgIpc) is 3.92. The molecule has 5 heterocycles. The Labute approximate surface area is 330 Å². The molecular weight excluding hydrogens is 703 g/mol. The molecule has 2 aromatic rings. The van der Waals surface area contributed by atoms with E-state index in [2.05, 4.69) is 46.1 Å². The maximum atomic E-state index is 14.4. The zero-order valence-electron chi connectivity index (χ0n) is 33.0. The van der Waals surface area contributed by atoms with Crippen molar-refractivity contribution in [1.29, 1.82) is 0 Å². The quantitative estimate of drug-likeness (QED) is 0.279. The first-order valence-electron chi connectivity index (χ1n) is 20.9.